The van der Waals surface area contributed by atoms with Crippen LogP contribution in [0.15, 0.2) is 23.3 Å². The molecular formula is C26H41NO. The van der Waals surface area contributed by atoms with Gasteiger partial charge < -0.3 is 4.90 Å². The second-order valence-electron chi connectivity index (χ2n) is 11.7. The average molecular weight is 384 g/mol. The predicted molar refractivity (Wildman–Crippen MR) is 117 cm³/mol. The Hall–Kier alpha value is -0.890. The van der Waals surface area contributed by atoms with E-state index in [1.165, 1.54) is 32.1 Å². The van der Waals surface area contributed by atoms with Gasteiger partial charge in [-0.3, -0.25) is 4.79 Å². The summed E-state index contributed by atoms with van der Waals surface area (Å²) in [5.74, 6) is 1.99. The molecule has 2 nitrogen and oxygen atoms in total. The van der Waals surface area contributed by atoms with Crippen molar-refractivity contribution in [1.82, 2.24) is 4.90 Å². The highest BCUT2D eigenvalue weighted by molar-refractivity contribution is 5.80. The smallest absolute Gasteiger partial charge is 0.133 e. The molecule has 0 spiro atoms. The first kappa shape index (κ1) is 20.4. The van der Waals surface area contributed by atoms with Gasteiger partial charge in [0.2, 0.25) is 0 Å². The zero-order valence-electron chi connectivity index (χ0n) is 19.3. The van der Waals surface area contributed by atoms with Crippen molar-refractivity contribution in [2.45, 2.75) is 85.6 Å². The molecule has 2 heteroatoms. The zero-order valence-corrected chi connectivity index (χ0v) is 19.3. The molecule has 0 aliphatic heterocycles. The molecule has 0 unspecified atom stereocenters. The van der Waals surface area contributed by atoms with E-state index >= 15 is 0 Å². The fourth-order valence-corrected chi connectivity index (χ4v) is 8.29. The van der Waals surface area contributed by atoms with Crippen LogP contribution in [-0.4, -0.2) is 30.8 Å². The molecular weight excluding hydrogens is 342 g/mol. The predicted octanol–water partition coefficient (Wildman–Crippen LogP) is 6.03. The minimum absolute atomic E-state index is 0.142. The van der Waals surface area contributed by atoms with Crippen LogP contribution in [0.4, 0.5) is 0 Å². The van der Waals surface area contributed by atoms with Gasteiger partial charge in [0.05, 0.1) is 0 Å². The number of hydrogen-bond donors (Lipinski definition) is 0. The van der Waals surface area contributed by atoms with Crippen molar-refractivity contribution in [1.29, 1.82) is 0 Å². The van der Waals surface area contributed by atoms with Gasteiger partial charge in [-0.15, -0.1) is 0 Å². The molecule has 2 fully saturated rings. The number of allylic oxidation sites excluding steroid dienone is 4. The SMILES string of the molecule is CC(=O)[C@H]1CC[C@@]2(C)[C@@H]3CC[C@@H]4C(=CC3=CC[C@]12C)CC[C@H](N(C)C)C4(C)C. The summed E-state index contributed by atoms with van der Waals surface area (Å²) < 4.78 is 0. The largest absolute Gasteiger partial charge is 0.306 e. The maximum Gasteiger partial charge on any atom is 0.133 e. The van der Waals surface area contributed by atoms with Crippen LogP contribution in [0, 0.1) is 34.0 Å². The van der Waals surface area contributed by atoms with Gasteiger partial charge in [-0.25, -0.2) is 0 Å². The van der Waals surface area contributed by atoms with Gasteiger partial charge in [0, 0.05) is 12.0 Å². The van der Waals surface area contributed by atoms with Crippen molar-refractivity contribution in [3.8, 4) is 0 Å². The summed E-state index contributed by atoms with van der Waals surface area (Å²) in [7, 11) is 4.51. The third-order valence-electron chi connectivity index (χ3n) is 10.1. The van der Waals surface area contributed by atoms with Crippen LogP contribution < -0.4 is 0 Å². The summed E-state index contributed by atoms with van der Waals surface area (Å²) in [6.45, 7) is 11.8. The lowest BCUT2D eigenvalue weighted by atomic mass is 9.52. The number of rotatable bonds is 2. The Balaban J connectivity index is 1.70. The maximum atomic E-state index is 12.4. The fraction of sp³-hybridized carbons (Fsp3) is 0.808. The van der Waals surface area contributed by atoms with Crippen molar-refractivity contribution >= 4 is 5.78 Å². The Morgan fingerprint density at radius 1 is 1.00 bits per heavy atom. The van der Waals surface area contributed by atoms with Crippen molar-refractivity contribution in [2.75, 3.05) is 14.1 Å². The first-order valence-electron chi connectivity index (χ1n) is 11.6. The van der Waals surface area contributed by atoms with E-state index in [0.29, 0.717) is 29.1 Å². The van der Waals surface area contributed by atoms with Crippen LogP contribution in [-0.2, 0) is 4.79 Å². The third kappa shape index (κ3) is 2.66. The molecule has 0 heterocycles. The molecule has 0 bridgehead atoms. The minimum Gasteiger partial charge on any atom is -0.306 e. The summed E-state index contributed by atoms with van der Waals surface area (Å²) in [5, 5.41) is 0. The molecule has 4 aliphatic carbocycles. The lowest BCUT2D eigenvalue weighted by molar-refractivity contribution is -0.126. The molecule has 0 aromatic heterocycles. The van der Waals surface area contributed by atoms with Crippen molar-refractivity contribution in [2.24, 2.45) is 34.0 Å². The van der Waals surface area contributed by atoms with E-state index in [1.54, 1.807) is 11.1 Å². The number of hydrogen-bond acceptors (Lipinski definition) is 2. The van der Waals surface area contributed by atoms with E-state index in [0.717, 1.165) is 12.8 Å². The number of ketones is 1. The number of Topliss-reactive ketones (excluding diaryl/α,β-unsaturated/α-hetero) is 1. The van der Waals surface area contributed by atoms with Crippen molar-refractivity contribution in [3.63, 3.8) is 0 Å². The van der Waals surface area contributed by atoms with Gasteiger partial charge >= 0.3 is 0 Å². The van der Waals surface area contributed by atoms with Crippen LogP contribution in [0.25, 0.3) is 0 Å². The van der Waals surface area contributed by atoms with Gasteiger partial charge in [0.1, 0.15) is 5.78 Å². The van der Waals surface area contributed by atoms with Gasteiger partial charge in [-0.05, 0) is 99.6 Å². The topological polar surface area (TPSA) is 20.3 Å². The highest BCUT2D eigenvalue weighted by Crippen LogP contribution is 2.67. The molecule has 0 aromatic carbocycles. The number of fused-ring (bicyclic) bond motifs is 4. The summed E-state index contributed by atoms with van der Waals surface area (Å²) in [6.07, 6.45) is 13.7. The van der Waals surface area contributed by atoms with Crippen LogP contribution in [0.3, 0.4) is 0 Å². The average Bonchev–Trinajstić information content (AvgIpc) is 2.75. The van der Waals surface area contributed by atoms with Crippen LogP contribution in [0.1, 0.15) is 79.6 Å². The van der Waals surface area contributed by atoms with Crippen LogP contribution in [0.2, 0.25) is 0 Å². The van der Waals surface area contributed by atoms with Crippen LogP contribution in [0.5, 0.6) is 0 Å². The third-order valence-corrected chi connectivity index (χ3v) is 10.1. The number of carbonyl (C=O) groups is 1. The van der Waals surface area contributed by atoms with Gasteiger partial charge in [-0.1, -0.05) is 45.4 Å². The fourth-order valence-electron chi connectivity index (χ4n) is 8.29. The summed E-state index contributed by atoms with van der Waals surface area (Å²) in [4.78, 5) is 14.9. The molecule has 0 amide bonds. The van der Waals surface area contributed by atoms with E-state index in [1.807, 2.05) is 6.92 Å². The molecule has 156 valence electrons. The zero-order chi connectivity index (χ0) is 20.5. The first-order chi connectivity index (χ1) is 13.0. The van der Waals surface area contributed by atoms with Gasteiger partial charge in [-0.2, -0.15) is 0 Å². The van der Waals surface area contributed by atoms with E-state index < -0.39 is 0 Å². The molecule has 0 radical (unpaired) electrons. The van der Waals surface area contributed by atoms with E-state index in [9.17, 15) is 4.79 Å². The second-order valence-corrected chi connectivity index (χ2v) is 11.7. The molecule has 6 atom stereocenters. The monoisotopic (exact) mass is 383 g/mol. The van der Waals surface area contributed by atoms with Crippen molar-refractivity contribution in [3.05, 3.63) is 23.3 Å². The lowest BCUT2D eigenvalue weighted by Gasteiger charge is -2.52. The molecule has 0 saturated heterocycles. The van der Waals surface area contributed by atoms with E-state index in [-0.39, 0.29) is 16.7 Å². The highest BCUT2D eigenvalue weighted by Gasteiger charge is 2.60. The second kappa shape index (κ2) is 6.56. The number of nitrogens with zero attached hydrogens (tertiary/aromatic N) is 1. The first-order valence-corrected chi connectivity index (χ1v) is 11.6. The number of carbonyl (C=O) groups excluding carboxylic acids is 1. The molecule has 28 heavy (non-hydrogen) atoms. The highest BCUT2D eigenvalue weighted by atomic mass is 16.1. The Morgan fingerprint density at radius 2 is 1.68 bits per heavy atom. The summed E-state index contributed by atoms with van der Waals surface area (Å²) in [6, 6.07) is 0.665. The van der Waals surface area contributed by atoms with E-state index in [2.05, 4.69) is 58.8 Å². The van der Waals surface area contributed by atoms with Gasteiger partial charge in [0.15, 0.2) is 0 Å². The Morgan fingerprint density at radius 3 is 2.32 bits per heavy atom. The molecule has 2 saturated carbocycles. The Bertz CT molecular complexity index is 729. The van der Waals surface area contributed by atoms with E-state index in [4.69, 9.17) is 0 Å². The normalized spacial score (nSPS) is 44.7. The molecule has 4 rings (SSSR count). The summed E-state index contributed by atoms with van der Waals surface area (Å²) in [5.41, 5.74) is 4.06. The molecule has 4 aliphatic rings. The Kier molecular flexibility index (Phi) is 4.77. The maximum absolute atomic E-state index is 12.4. The molecule has 0 N–H and O–H groups in total. The standard InChI is InChI=1S/C26H41NO/c1-17(28)20-13-15-26(5)22-10-9-21-18(16-19(22)12-14-25(20,26)4)8-11-23(27(6)7)24(21,2)3/h12,16,20-23H,8-11,13-15H2,1-7H3/t20-,21-,22-,23+,25-,26+/m1/s1. The lowest BCUT2D eigenvalue weighted by Crippen LogP contribution is -2.49. The van der Waals surface area contributed by atoms with Crippen molar-refractivity contribution < 1.29 is 4.79 Å². The molecule has 0 aromatic rings. The quantitative estimate of drug-likeness (QED) is 0.580. The van der Waals surface area contributed by atoms with Gasteiger partial charge in [0.25, 0.3) is 0 Å². The summed E-state index contributed by atoms with van der Waals surface area (Å²) >= 11 is 0. The minimum atomic E-state index is 0.142. The van der Waals surface area contributed by atoms with Crippen LogP contribution >= 0.6 is 0 Å². The Labute approximate surface area is 172 Å².